The van der Waals surface area contributed by atoms with Gasteiger partial charge in [-0.1, -0.05) is 35.5 Å². The van der Waals surface area contributed by atoms with Crippen LogP contribution >= 0.6 is 0 Å². The molecule has 0 bridgehead atoms. The van der Waals surface area contributed by atoms with E-state index in [2.05, 4.69) is 29.3 Å². The van der Waals surface area contributed by atoms with Crippen LogP contribution in [0.2, 0.25) is 0 Å². The van der Waals surface area contributed by atoms with E-state index in [1.165, 1.54) is 0 Å². The molecular weight excluding hydrogens is 238 g/mol. The summed E-state index contributed by atoms with van der Waals surface area (Å²) in [5.41, 5.74) is 2.16. The van der Waals surface area contributed by atoms with Crippen LogP contribution in [-0.2, 0) is 0 Å². The maximum atomic E-state index is 9.19. The Kier molecular flexibility index (Phi) is 4.13. The molecule has 0 aliphatic carbocycles. The molecule has 19 heavy (non-hydrogen) atoms. The van der Waals surface area contributed by atoms with Crippen molar-refractivity contribution in [2.75, 3.05) is 5.32 Å². The summed E-state index contributed by atoms with van der Waals surface area (Å²) >= 11 is 0. The molecule has 0 unspecified atom stereocenters. The summed E-state index contributed by atoms with van der Waals surface area (Å²) < 4.78 is 0. The van der Waals surface area contributed by atoms with E-state index in [9.17, 15) is 5.21 Å². The number of aromatic nitrogens is 1. The molecule has 0 aliphatic heterocycles. The number of hydrogen-bond donors (Lipinski definition) is 2. The van der Waals surface area contributed by atoms with Crippen LogP contribution in [-0.4, -0.2) is 21.9 Å². The van der Waals surface area contributed by atoms with Crippen molar-refractivity contribution in [1.29, 1.82) is 0 Å². The average molecular weight is 255 g/mol. The Morgan fingerprint density at radius 1 is 1.11 bits per heavy atom. The van der Waals surface area contributed by atoms with Crippen molar-refractivity contribution >= 4 is 11.5 Å². The van der Waals surface area contributed by atoms with E-state index in [1.807, 2.05) is 42.5 Å². The molecule has 2 N–H and O–H groups in total. The van der Waals surface area contributed by atoms with Gasteiger partial charge in [0, 0.05) is 23.4 Å². The quantitative estimate of drug-likeness (QED) is 0.501. The van der Waals surface area contributed by atoms with Gasteiger partial charge in [-0.05, 0) is 26.0 Å². The highest BCUT2D eigenvalue weighted by Crippen LogP contribution is 2.12. The van der Waals surface area contributed by atoms with Crippen LogP contribution in [0.15, 0.2) is 53.8 Å². The summed E-state index contributed by atoms with van der Waals surface area (Å²) in [7, 11) is 0. The third-order valence-electron chi connectivity index (χ3n) is 2.62. The van der Waals surface area contributed by atoms with Crippen molar-refractivity contribution in [3.8, 4) is 0 Å². The number of rotatable bonds is 4. The van der Waals surface area contributed by atoms with Crippen molar-refractivity contribution < 1.29 is 5.21 Å². The number of pyridine rings is 1. The molecule has 1 aromatic carbocycles. The second-order valence-electron chi connectivity index (χ2n) is 4.55. The van der Waals surface area contributed by atoms with Crippen molar-refractivity contribution in [2.45, 2.75) is 19.9 Å². The van der Waals surface area contributed by atoms with Gasteiger partial charge in [-0.25, -0.2) is 4.98 Å². The minimum atomic E-state index is 0.332. The van der Waals surface area contributed by atoms with Gasteiger partial charge in [0.05, 0.1) is 0 Å². The summed E-state index contributed by atoms with van der Waals surface area (Å²) in [6, 6.07) is 13.6. The van der Waals surface area contributed by atoms with Crippen molar-refractivity contribution in [2.24, 2.45) is 5.16 Å². The van der Waals surface area contributed by atoms with E-state index in [0.717, 1.165) is 16.9 Å². The number of benzene rings is 1. The van der Waals surface area contributed by atoms with Crippen LogP contribution in [0.4, 0.5) is 5.82 Å². The lowest BCUT2D eigenvalue weighted by Crippen LogP contribution is -2.11. The molecule has 0 spiro atoms. The molecule has 0 atom stereocenters. The fourth-order valence-electron chi connectivity index (χ4n) is 1.79. The summed E-state index contributed by atoms with van der Waals surface area (Å²) in [5, 5.41) is 15.8. The predicted molar refractivity (Wildman–Crippen MR) is 76.9 cm³/mol. The molecule has 2 aromatic rings. The average Bonchev–Trinajstić information content (AvgIpc) is 2.42. The molecule has 0 aliphatic rings. The Labute approximate surface area is 112 Å². The van der Waals surface area contributed by atoms with Crippen LogP contribution in [0.25, 0.3) is 0 Å². The smallest absolute Gasteiger partial charge is 0.126 e. The predicted octanol–water partition coefficient (Wildman–Crippen LogP) is 3.13. The Morgan fingerprint density at radius 3 is 2.37 bits per heavy atom. The van der Waals surface area contributed by atoms with Crippen molar-refractivity contribution in [3.05, 3.63) is 59.8 Å². The Hall–Kier alpha value is -2.36. The maximum absolute atomic E-state index is 9.19. The Morgan fingerprint density at radius 2 is 1.84 bits per heavy atom. The lowest BCUT2D eigenvalue weighted by Gasteiger charge is -2.10. The van der Waals surface area contributed by atoms with E-state index in [-0.39, 0.29) is 0 Å². The third-order valence-corrected chi connectivity index (χ3v) is 2.62. The number of nitrogens with one attached hydrogen (secondary N) is 1. The fourth-order valence-corrected chi connectivity index (χ4v) is 1.79. The highest BCUT2D eigenvalue weighted by Gasteiger charge is 2.08. The van der Waals surface area contributed by atoms with E-state index < -0.39 is 0 Å². The summed E-state index contributed by atoms with van der Waals surface area (Å²) in [6.45, 7) is 4.11. The molecule has 0 radical (unpaired) electrons. The molecule has 0 saturated carbocycles. The molecule has 1 heterocycles. The topological polar surface area (TPSA) is 57.5 Å². The second kappa shape index (κ2) is 6.00. The van der Waals surface area contributed by atoms with Gasteiger partial charge < -0.3 is 10.5 Å². The van der Waals surface area contributed by atoms with E-state index in [0.29, 0.717) is 11.8 Å². The normalized spacial score (nSPS) is 11.6. The monoisotopic (exact) mass is 255 g/mol. The van der Waals surface area contributed by atoms with E-state index >= 15 is 0 Å². The fraction of sp³-hybridized carbons (Fsp3) is 0.200. The summed E-state index contributed by atoms with van der Waals surface area (Å²) in [6.07, 6.45) is 1.70. The van der Waals surface area contributed by atoms with Crippen LogP contribution in [0.3, 0.4) is 0 Å². The maximum Gasteiger partial charge on any atom is 0.126 e. The highest BCUT2D eigenvalue weighted by atomic mass is 16.4. The first-order valence-electron chi connectivity index (χ1n) is 6.21. The summed E-state index contributed by atoms with van der Waals surface area (Å²) in [5.74, 6) is 0.809. The standard InChI is InChI=1S/C15H17N3O/c1-11(2)17-14-9-8-13(10-16-14)15(18-19)12-6-4-3-5-7-12/h3-11,19H,1-2H3,(H,16,17)/b18-15+. The molecule has 4 nitrogen and oxygen atoms in total. The highest BCUT2D eigenvalue weighted by molar-refractivity contribution is 6.12. The minimum absolute atomic E-state index is 0.332. The zero-order chi connectivity index (χ0) is 13.7. The molecule has 0 fully saturated rings. The number of nitrogens with zero attached hydrogens (tertiary/aromatic N) is 2. The van der Waals surface area contributed by atoms with Gasteiger partial charge in [0.1, 0.15) is 11.5 Å². The van der Waals surface area contributed by atoms with Crippen LogP contribution in [0.1, 0.15) is 25.0 Å². The number of oxime groups is 1. The molecule has 0 saturated heterocycles. The van der Waals surface area contributed by atoms with E-state index in [1.54, 1.807) is 6.20 Å². The van der Waals surface area contributed by atoms with Crippen LogP contribution < -0.4 is 5.32 Å². The van der Waals surface area contributed by atoms with Gasteiger partial charge in [-0.15, -0.1) is 0 Å². The molecule has 0 amide bonds. The Balaban J connectivity index is 2.26. The molecular formula is C15H17N3O. The first kappa shape index (κ1) is 13.1. The van der Waals surface area contributed by atoms with Crippen molar-refractivity contribution in [3.63, 3.8) is 0 Å². The van der Waals surface area contributed by atoms with Crippen molar-refractivity contribution in [1.82, 2.24) is 4.98 Å². The lowest BCUT2D eigenvalue weighted by molar-refractivity contribution is 0.319. The largest absolute Gasteiger partial charge is 0.410 e. The first-order valence-corrected chi connectivity index (χ1v) is 6.21. The lowest BCUT2D eigenvalue weighted by atomic mass is 10.0. The summed E-state index contributed by atoms with van der Waals surface area (Å²) in [4.78, 5) is 4.31. The van der Waals surface area contributed by atoms with Gasteiger partial charge in [0.25, 0.3) is 0 Å². The second-order valence-corrected chi connectivity index (χ2v) is 4.55. The van der Waals surface area contributed by atoms with E-state index in [4.69, 9.17) is 0 Å². The zero-order valence-corrected chi connectivity index (χ0v) is 11.0. The minimum Gasteiger partial charge on any atom is -0.410 e. The van der Waals surface area contributed by atoms with Gasteiger partial charge in [-0.3, -0.25) is 0 Å². The number of hydrogen-bond acceptors (Lipinski definition) is 4. The molecule has 98 valence electrons. The number of anilines is 1. The Bertz CT molecular complexity index is 547. The molecule has 2 rings (SSSR count). The third kappa shape index (κ3) is 3.31. The SMILES string of the molecule is CC(C)Nc1ccc(/C(=N/O)c2ccccc2)cn1. The van der Waals surface area contributed by atoms with Gasteiger partial charge in [-0.2, -0.15) is 0 Å². The van der Waals surface area contributed by atoms with Crippen LogP contribution in [0.5, 0.6) is 0 Å². The molecule has 1 aromatic heterocycles. The van der Waals surface area contributed by atoms with Gasteiger partial charge in [0.2, 0.25) is 0 Å². The zero-order valence-electron chi connectivity index (χ0n) is 11.0. The molecule has 4 heteroatoms. The first-order chi connectivity index (χ1) is 9.20. The van der Waals surface area contributed by atoms with Gasteiger partial charge >= 0.3 is 0 Å². The van der Waals surface area contributed by atoms with Gasteiger partial charge in [0.15, 0.2) is 0 Å². The van der Waals surface area contributed by atoms with Crippen LogP contribution in [0, 0.1) is 0 Å².